The van der Waals surface area contributed by atoms with Crippen LogP contribution in [0.25, 0.3) is 11.0 Å². The molecule has 186 valence electrons. The Morgan fingerprint density at radius 2 is 1.74 bits per heavy atom. The van der Waals surface area contributed by atoms with Crippen LogP contribution < -0.4 is 19.1 Å². The van der Waals surface area contributed by atoms with E-state index in [1.54, 1.807) is 24.0 Å². The van der Waals surface area contributed by atoms with E-state index in [0.29, 0.717) is 35.3 Å². The number of para-hydroxylation sites is 2. The lowest BCUT2D eigenvalue weighted by Gasteiger charge is -2.38. The number of anilines is 1. The van der Waals surface area contributed by atoms with Crippen LogP contribution in [0.4, 0.5) is 5.95 Å². The van der Waals surface area contributed by atoms with Crippen molar-refractivity contribution in [3.63, 3.8) is 0 Å². The van der Waals surface area contributed by atoms with Crippen LogP contribution in [0.2, 0.25) is 0 Å². The number of amides is 1. The summed E-state index contributed by atoms with van der Waals surface area (Å²) >= 11 is 0. The zero-order valence-electron chi connectivity index (χ0n) is 20.7. The quantitative estimate of drug-likeness (QED) is 0.337. The molecule has 0 spiro atoms. The summed E-state index contributed by atoms with van der Waals surface area (Å²) in [6.45, 7) is 4.39. The minimum atomic E-state index is -1.14. The maximum absolute atomic E-state index is 13.9. The molecule has 0 radical (unpaired) electrons. The highest BCUT2D eigenvalue weighted by molar-refractivity contribution is 6.08. The van der Waals surface area contributed by atoms with Gasteiger partial charge in [0.25, 0.3) is 0 Å². The fraction of sp³-hybridized carbons (Fsp3) is 0.423. The van der Waals surface area contributed by atoms with Gasteiger partial charge in [-0.15, -0.1) is 0 Å². The molecule has 0 bridgehead atoms. The number of fused-ring (bicyclic) bond motifs is 3. The van der Waals surface area contributed by atoms with E-state index in [1.807, 2.05) is 28.8 Å². The lowest BCUT2D eigenvalue weighted by molar-refractivity contribution is -0.153. The van der Waals surface area contributed by atoms with E-state index in [4.69, 9.17) is 23.9 Å². The zero-order valence-corrected chi connectivity index (χ0v) is 20.7. The first-order valence-corrected chi connectivity index (χ1v) is 11.8. The Morgan fingerprint density at radius 3 is 2.40 bits per heavy atom. The topological polar surface area (TPSA) is 92.1 Å². The minimum absolute atomic E-state index is 0.158. The SMILES string of the molecule is CCCCN1C(=O)[C@@H](C(=O)OCC)[C@@H](c2ccc(OC)c(OC)c2OC)n2c1nc1ccccc12. The van der Waals surface area contributed by atoms with E-state index in [2.05, 4.69) is 6.92 Å². The number of carbonyl (C=O) groups excluding carboxylic acids is 2. The second-order valence-corrected chi connectivity index (χ2v) is 8.21. The monoisotopic (exact) mass is 481 g/mol. The molecule has 0 fully saturated rings. The molecule has 2 atom stereocenters. The van der Waals surface area contributed by atoms with Crippen molar-refractivity contribution in [2.45, 2.75) is 32.7 Å². The van der Waals surface area contributed by atoms with Crippen molar-refractivity contribution in [1.29, 1.82) is 0 Å². The molecule has 0 saturated carbocycles. The minimum Gasteiger partial charge on any atom is -0.493 e. The highest BCUT2D eigenvalue weighted by atomic mass is 16.5. The summed E-state index contributed by atoms with van der Waals surface area (Å²) < 4.78 is 24.2. The molecule has 0 aliphatic carbocycles. The van der Waals surface area contributed by atoms with Crippen LogP contribution in [-0.4, -0.2) is 55.9 Å². The second kappa shape index (κ2) is 10.2. The Balaban J connectivity index is 2.05. The lowest BCUT2D eigenvalue weighted by atomic mass is 9.88. The molecule has 9 heteroatoms. The Kier molecular flexibility index (Phi) is 7.14. The number of nitrogens with zero attached hydrogens (tertiary/aromatic N) is 3. The van der Waals surface area contributed by atoms with Gasteiger partial charge in [0.2, 0.25) is 17.6 Å². The van der Waals surface area contributed by atoms with Crippen LogP contribution in [0, 0.1) is 5.92 Å². The fourth-order valence-corrected chi connectivity index (χ4v) is 4.71. The summed E-state index contributed by atoms with van der Waals surface area (Å²) in [6.07, 6.45) is 1.66. The van der Waals surface area contributed by atoms with Crippen molar-refractivity contribution in [3.05, 3.63) is 42.0 Å². The number of carbonyl (C=O) groups is 2. The van der Waals surface area contributed by atoms with Crippen LogP contribution in [-0.2, 0) is 14.3 Å². The Labute approximate surface area is 204 Å². The van der Waals surface area contributed by atoms with Crippen molar-refractivity contribution in [2.24, 2.45) is 5.92 Å². The van der Waals surface area contributed by atoms with Crippen LogP contribution in [0.5, 0.6) is 17.2 Å². The third kappa shape index (κ3) is 4.05. The summed E-state index contributed by atoms with van der Waals surface area (Å²) in [6, 6.07) is 10.4. The molecule has 3 aromatic rings. The Hall–Kier alpha value is -3.75. The summed E-state index contributed by atoms with van der Waals surface area (Å²) in [5.41, 5.74) is 2.12. The van der Waals surface area contributed by atoms with Crippen molar-refractivity contribution in [2.75, 3.05) is 39.4 Å². The summed E-state index contributed by atoms with van der Waals surface area (Å²) in [4.78, 5) is 33.7. The predicted molar refractivity (Wildman–Crippen MR) is 131 cm³/mol. The smallest absolute Gasteiger partial charge is 0.321 e. The van der Waals surface area contributed by atoms with Gasteiger partial charge in [-0.3, -0.25) is 14.5 Å². The van der Waals surface area contributed by atoms with Gasteiger partial charge in [0.1, 0.15) is 0 Å². The van der Waals surface area contributed by atoms with Gasteiger partial charge >= 0.3 is 5.97 Å². The number of hydrogen-bond donors (Lipinski definition) is 0. The molecule has 1 aliphatic heterocycles. The van der Waals surface area contributed by atoms with Gasteiger partial charge in [-0.2, -0.15) is 0 Å². The number of methoxy groups -OCH3 is 3. The number of hydrogen-bond acceptors (Lipinski definition) is 7. The Morgan fingerprint density at radius 1 is 1.00 bits per heavy atom. The first-order valence-electron chi connectivity index (χ1n) is 11.8. The van der Waals surface area contributed by atoms with Crippen LogP contribution >= 0.6 is 0 Å². The van der Waals surface area contributed by atoms with E-state index in [-0.39, 0.29) is 12.5 Å². The Bertz CT molecular complexity index is 1240. The lowest BCUT2D eigenvalue weighted by Crippen LogP contribution is -2.50. The molecule has 0 N–H and O–H groups in total. The van der Waals surface area contributed by atoms with Crippen molar-refractivity contribution >= 4 is 28.9 Å². The average molecular weight is 482 g/mol. The number of unbranched alkanes of at least 4 members (excludes halogenated alkanes) is 1. The highest BCUT2D eigenvalue weighted by Crippen LogP contribution is 2.48. The van der Waals surface area contributed by atoms with E-state index < -0.39 is 17.9 Å². The van der Waals surface area contributed by atoms with E-state index in [9.17, 15) is 9.59 Å². The molecule has 1 aromatic heterocycles. The molecule has 4 rings (SSSR count). The van der Waals surface area contributed by atoms with Crippen molar-refractivity contribution in [3.8, 4) is 17.2 Å². The number of imidazole rings is 1. The molecular weight excluding hydrogens is 450 g/mol. The number of esters is 1. The standard InChI is InChI=1S/C26H31N3O6/c1-6-8-15-28-24(30)20(25(31)35-7-2)21(29-18-12-10-9-11-17(18)27-26(28)29)16-13-14-19(32-3)23(34-5)22(16)33-4/h9-14,20-21H,6-8,15H2,1-5H3/t20-,21+/m0/s1. The van der Waals surface area contributed by atoms with Crippen LogP contribution in [0.3, 0.4) is 0 Å². The van der Waals surface area contributed by atoms with Gasteiger partial charge in [0.05, 0.1) is 45.0 Å². The number of rotatable bonds is 9. The largest absolute Gasteiger partial charge is 0.493 e. The molecule has 1 aliphatic rings. The first-order chi connectivity index (χ1) is 17.0. The third-order valence-electron chi connectivity index (χ3n) is 6.27. The van der Waals surface area contributed by atoms with Gasteiger partial charge in [0, 0.05) is 12.1 Å². The summed E-state index contributed by atoms with van der Waals surface area (Å²) in [7, 11) is 4.57. The molecule has 35 heavy (non-hydrogen) atoms. The first kappa shape index (κ1) is 24.4. The summed E-state index contributed by atoms with van der Waals surface area (Å²) in [5, 5.41) is 0. The maximum Gasteiger partial charge on any atom is 0.321 e. The zero-order chi connectivity index (χ0) is 25.1. The molecule has 1 amide bonds. The van der Waals surface area contributed by atoms with Crippen molar-refractivity contribution < 1.29 is 28.5 Å². The van der Waals surface area contributed by atoms with Gasteiger partial charge in [0.15, 0.2) is 17.4 Å². The second-order valence-electron chi connectivity index (χ2n) is 8.21. The maximum atomic E-state index is 13.9. The molecule has 2 aromatic carbocycles. The fourth-order valence-electron chi connectivity index (χ4n) is 4.71. The predicted octanol–water partition coefficient (Wildman–Crippen LogP) is 3.98. The van der Waals surface area contributed by atoms with Gasteiger partial charge < -0.3 is 23.5 Å². The van der Waals surface area contributed by atoms with E-state index >= 15 is 0 Å². The van der Waals surface area contributed by atoms with Crippen molar-refractivity contribution in [1.82, 2.24) is 9.55 Å². The van der Waals surface area contributed by atoms with Gasteiger partial charge in [-0.25, -0.2) is 4.98 Å². The van der Waals surface area contributed by atoms with Crippen LogP contribution in [0.15, 0.2) is 36.4 Å². The van der Waals surface area contributed by atoms with E-state index in [0.717, 1.165) is 23.9 Å². The summed E-state index contributed by atoms with van der Waals surface area (Å²) in [5.74, 6) is -0.350. The normalized spacial score (nSPS) is 17.3. The van der Waals surface area contributed by atoms with Gasteiger partial charge in [-0.05, 0) is 37.6 Å². The van der Waals surface area contributed by atoms with Gasteiger partial charge in [-0.1, -0.05) is 25.5 Å². The van der Waals surface area contributed by atoms with E-state index in [1.165, 1.54) is 21.3 Å². The molecule has 0 saturated heterocycles. The van der Waals surface area contributed by atoms with Crippen LogP contribution in [0.1, 0.15) is 38.3 Å². The molecule has 2 heterocycles. The number of ether oxygens (including phenoxy) is 4. The molecule has 0 unspecified atom stereocenters. The average Bonchev–Trinajstić information content (AvgIpc) is 3.25. The third-order valence-corrected chi connectivity index (χ3v) is 6.27. The highest BCUT2D eigenvalue weighted by Gasteiger charge is 2.49. The number of benzene rings is 2. The number of aromatic nitrogens is 2. The molecule has 9 nitrogen and oxygen atoms in total. The molecular formula is C26H31N3O6.